The van der Waals surface area contributed by atoms with E-state index in [1.165, 1.54) is 6.08 Å². The monoisotopic (exact) mass is 172 g/mol. The number of aromatic nitrogens is 3. The van der Waals surface area contributed by atoms with Crippen molar-refractivity contribution in [3.63, 3.8) is 0 Å². The van der Waals surface area contributed by atoms with E-state index >= 15 is 0 Å². The molecule has 1 aliphatic heterocycles. The van der Waals surface area contributed by atoms with Crippen LogP contribution in [-0.2, 0) is 4.79 Å². The van der Waals surface area contributed by atoms with Crippen molar-refractivity contribution >= 4 is 23.0 Å². The van der Waals surface area contributed by atoms with Crippen molar-refractivity contribution in [1.82, 2.24) is 15.4 Å². The highest BCUT2D eigenvalue weighted by atomic mass is 16.1. The van der Waals surface area contributed by atoms with Gasteiger partial charge in [-0.1, -0.05) is 0 Å². The highest BCUT2D eigenvalue weighted by molar-refractivity contribution is 6.08. The zero-order valence-corrected chi connectivity index (χ0v) is 6.48. The quantitative estimate of drug-likeness (QED) is 0.548. The normalized spacial score (nSPS) is 14.0. The summed E-state index contributed by atoms with van der Waals surface area (Å²) in [5.41, 5.74) is 1.45. The molecule has 0 unspecified atom stereocenters. The number of benzene rings is 1. The van der Waals surface area contributed by atoms with Gasteiger partial charge in [-0.05, 0) is 12.1 Å². The average molecular weight is 172 g/mol. The van der Waals surface area contributed by atoms with Gasteiger partial charge in [-0.25, -0.2) is 4.99 Å². The van der Waals surface area contributed by atoms with E-state index in [4.69, 9.17) is 0 Å². The number of carbonyl (C=O) groups is 1. The van der Waals surface area contributed by atoms with Crippen LogP contribution in [-0.4, -0.2) is 21.3 Å². The molecule has 1 aromatic heterocycles. The van der Waals surface area contributed by atoms with E-state index in [9.17, 15) is 4.79 Å². The molecular weight excluding hydrogens is 168 g/mol. The molecule has 0 bridgehead atoms. The topological polar surface area (TPSA) is 71.0 Å². The smallest absolute Gasteiger partial charge is 0.267 e. The molecule has 1 amide bonds. The maximum absolute atomic E-state index is 11.0. The molecule has 5 nitrogen and oxygen atoms in total. The molecule has 0 atom stereocenters. The molecule has 3 rings (SSSR count). The molecule has 1 aromatic carbocycles. The lowest BCUT2D eigenvalue weighted by molar-refractivity contribution is -0.112. The molecule has 5 heteroatoms. The molecule has 1 aliphatic rings. The minimum atomic E-state index is -0.231. The Morgan fingerprint density at radius 2 is 2.15 bits per heavy atom. The molecule has 0 aliphatic carbocycles. The van der Waals surface area contributed by atoms with E-state index in [-0.39, 0.29) is 5.91 Å². The maximum atomic E-state index is 11.0. The number of rotatable bonds is 0. The van der Waals surface area contributed by atoms with E-state index in [0.29, 0.717) is 10.9 Å². The van der Waals surface area contributed by atoms with Crippen LogP contribution in [0.5, 0.6) is 0 Å². The molecule has 0 saturated carbocycles. The first-order valence-corrected chi connectivity index (χ1v) is 3.78. The second-order valence-corrected chi connectivity index (χ2v) is 2.78. The Kier molecular flexibility index (Phi) is 0.999. The Labute approximate surface area is 71.8 Å². The Morgan fingerprint density at radius 3 is 3.08 bits per heavy atom. The number of H-pyrrole nitrogens is 1. The predicted octanol–water partition coefficient (Wildman–Crippen LogP) is -1.10. The van der Waals surface area contributed by atoms with Gasteiger partial charge in [0.05, 0.1) is 5.36 Å². The Bertz CT molecular complexity index is 625. The van der Waals surface area contributed by atoms with Gasteiger partial charge in [0, 0.05) is 11.3 Å². The number of hydrogen-bond acceptors (Lipinski definition) is 3. The molecule has 2 heterocycles. The summed E-state index contributed by atoms with van der Waals surface area (Å²) in [6, 6.07) is 3.55. The first-order chi connectivity index (χ1) is 6.34. The van der Waals surface area contributed by atoms with Crippen molar-refractivity contribution in [1.29, 1.82) is 0 Å². The standard InChI is InChI=1S/C8H4N4O/c13-7-3-4-5(9-7)1-2-6-8(4)11-12-10-6/h1-3H,(H,10,11,12). The van der Waals surface area contributed by atoms with Crippen LogP contribution in [0.15, 0.2) is 17.1 Å². The van der Waals surface area contributed by atoms with Gasteiger partial charge in [0.15, 0.2) is 0 Å². The van der Waals surface area contributed by atoms with Gasteiger partial charge in [-0.2, -0.15) is 15.4 Å². The largest absolute Gasteiger partial charge is 0.271 e. The highest BCUT2D eigenvalue weighted by Crippen LogP contribution is 1.99. The van der Waals surface area contributed by atoms with Crippen molar-refractivity contribution in [2.45, 2.75) is 0 Å². The zero-order valence-electron chi connectivity index (χ0n) is 6.48. The summed E-state index contributed by atoms with van der Waals surface area (Å²) < 4.78 is 0. The highest BCUT2D eigenvalue weighted by Gasteiger charge is 2.08. The third-order valence-corrected chi connectivity index (χ3v) is 2.00. The average Bonchev–Trinajstić information content (AvgIpc) is 2.65. The minimum Gasteiger partial charge on any atom is -0.267 e. The fraction of sp³-hybridized carbons (Fsp3) is 0. The molecule has 0 saturated heterocycles. The lowest BCUT2D eigenvalue weighted by atomic mass is 10.2. The number of hydrogen-bond donors (Lipinski definition) is 1. The second-order valence-electron chi connectivity index (χ2n) is 2.78. The van der Waals surface area contributed by atoms with Crippen LogP contribution in [0.4, 0.5) is 0 Å². The Balaban J connectivity index is 2.69. The van der Waals surface area contributed by atoms with E-state index in [2.05, 4.69) is 20.4 Å². The van der Waals surface area contributed by atoms with Crippen LogP contribution < -0.4 is 10.6 Å². The first-order valence-electron chi connectivity index (χ1n) is 3.78. The molecular formula is C8H4N4O. The van der Waals surface area contributed by atoms with Crippen molar-refractivity contribution in [2.75, 3.05) is 0 Å². The summed E-state index contributed by atoms with van der Waals surface area (Å²) in [5.74, 6) is -0.231. The minimum absolute atomic E-state index is 0.231. The summed E-state index contributed by atoms with van der Waals surface area (Å²) in [5, 5.41) is 11.8. The van der Waals surface area contributed by atoms with Crippen LogP contribution in [0.2, 0.25) is 0 Å². The van der Waals surface area contributed by atoms with Gasteiger partial charge in [-0.15, -0.1) is 0 Å². The zero-order chi connectivity index (χ0) is 8.84. The predicted molar refractivity (Wildman–Crippen MR) is 44.1 cm³/mol. The van der Waals surface area contributed by atoms with Gasteiger partial charge < -0.3 is 0 Å². The van der Waals surface area contributed by atoms with E-state index in [1.54, 1.807) is 12.1 Å². The summed E-state index contributed by atoms with van der Waals surface area (Å²) in [4.78, 5) is 14.8. The summed E-state index contributed by atoms with van der Waals surface area (Å²) in [7, 11) is 0. The lowest BCUT2D eigenvalue weighted by Gasteiger charge is -1.83. The Hall–Kier alpha value is -2.04. The molecule has 2 aromatic rings. The number of nitrogens with zero attached hydrogens (tertiary/aromatic N) is 3. The van der Waals surface area contributed by atoms with Crippen LogP contribution in [0, 0.1) is 0 Å². The second kappa shape index (κ2) is 2.01. The van der Waals surface area contributed by atoms with E-state index in [0.717, 1.165) is 10.7 Å². The lowest BCUT2D eigenvalue weighted by Crippen LogP contribution is -2.21. The molecule has 0 spiro atoms. The van der Waals surface area contributed by atoms with Gasteiger partial charge in [0.1, 0.15) is 11.0 Å². The summed E-state index contributed by atoms with van der Waals surface area (Å²) >= 11 is 0. The molecule has 1 N–H and O–H groups in total. The number of amides is 1. The third-order valence-electron chi connectivity index (χ3n) is 2.00. The van der Waals surface area contributed by atoms with Crippen LogP contribution in [0.1, 0.15) is 0 Å². The Morgan fingerprint density at radius 1 is 1.23 bits per heavy atom. The van der Waals surface area contributed by atoms with Crippen LogP contribution in [0.3, 0.4) is 0 Å². The maximum Gasteiger partial charge on any atom is 0.271 e. The van der Waals surface area contributed by atoms with Crippen LogP contribution in [0.25, 0.3) is 17.1 Å². The van der Waals surface area contributed by atoms with Crippen LogP contribution >= 0.6 is 0 Å². The van der Waals surface area contributed by atoms with Crippen molar-refractivity contribution in [2.24, 2.45) is 4.99 Å². The fourth-order valence-electron chi connectivity index (χ4n) is 1.44. The first kappa shape index (κ1) is 6.47. The molecule has 62 valence electrons. The molecule has 0 radical (unpaired) electrons. The molecule has 13 heavy (non-hydrogen) atoms. The van der Waals surface area contributed by atoms with Gasteiger partial charge >= 0.3 is 0 Å². The van der Waals surface area contributed by atoms with Crippen molar-refractivity contribution in [3.8, 4) is 0 Å². The fourth-order valence-corrected chi connectivity index (χ4v) is 1.44. The number of fused-ring (bicyclic) bond motifs is 3. The third kappa shape index (κ3) is 0.752. The number of carbonyl (C=O) groups excluding carboxylic acids is 1. The molecule has 0 fully saturated rings. The van der Waals surface area contributed by atoms with E-state index < -0.39 is 0 Å². The SMILES string of the molecule is O=C1C=c2c(ccc3n[nH]nc23)=N1. The van der Waals surface area contributed by atoms with Crippen molar-refractivity contribution < 1.29 is 4.79 Å². The summed E-state index contributed by atoms with van der Waals surface area (Å²) in [6.45, 7) is 0. The van der Waals surface area contributed by atoms with Gasteiger partial charge in [0.25, 0.3) is 5.91 Å². The van der Waals surface area contributed by atoms with Gasteiger partial charge in [-0.3, -0.25) is 4.79 Å². The summed E-state index contributed by atoms with van der Waals surface area (Å²) in [6.07, 6.45) is 1.47. The van der Waals surface area contributed by atoms with Gasteiger partial charge in [0.2, 0.25) is 0 Å². The van der Waals surface area contributed by atoms with E-state index in [1.807, 2.05) is 0 Å². The number of nitrogens with one attached hydrogen (secondary N) is 1. The number of aromatic amines is 1. The van der Waals surface area contributed by atoms with Crippen molar-refractivity contribution in [3.05, 3.63) is 22.7 Å².